The summed E-state index contributed by atoms with van der Waals surface area (Å²) in [7, 11) is -3.61. The van der Waals surface area contributed by atoms with Crippen LogP contribution in [-0.4, -0.2) is 44.5 Å². The van der Waals surface area contributed by atoms with Crippen molar-refractivity contribution in [3.8, 4) is 0 Å². The van der Waals surface area contributed by atoms with Crippen molar-refractivity contribution in [1.82, 2.24) is 10.3 Å². The molecule has 1 N–H and O–H groups in total. The molecule has 1 aliphatic rings. The molecule has 1 aliphatic heterocycles. The number of hydrogen-bond acceptors (Lipinski definition) is 7. The molecule has 2 heterocycles. The minimum Gasteiger partial charge on any atom is -0.460 e. The molecule has 1 aromatic heterocycles. The van der Waals surface area contributed by atoms with Gasteiger partial charge in [-0.1, -0.05) is 18.7 Å². The molecule has 0 aromatic carbocycles. The smallest absolute Gasteiger partial charge is 0.323 e. The van der Waals surface area contributed by atoms with Crippen LogP contribution in [0.15, 0.2) is 37.1 Å². The van der Waals surface area contributed by atoms with E-state index in [-0.39, 0.29) is 12.5 Å². The van der Waals surface area contributed by atoms with Crippen LogP contribution in [-0.2, 0) is 30.3 Å². The molecule has 0 saturated carbocycles. The van der Waals surface area contributed by atoms with Crippen LogP contribution in [0.3, 0.4) is 0 Å². The van der Waals surface area contributed by atoms with Gasteiger partial charge in [-0.15, -0.1) is 0 Å². The monoisotopic (exact) mass is 354 g/mol. The lowest BCUT2D eigenvalue weighted by atomic mass is 9.94. The van der Waals surface area contributed by atoms with E-state index >= 15 is 0 Å². The fraction of sp³-hybridized carbons (Fsp3) is 0.500. The molecule has 2 rings (SSSR count). The van der Waals surface area contributed by atoms with Gasteiger partial charge < -0.3 is 4.74 Å². The molecule has 7 nitrogen and oxygen atoms in total. The number of aryl methyl sites for hydroxylation is 1. The molecular weight excluding hydrogens is 332 g/mol. The summed E-state index contributed by atoms with van der Waals surface area (Å²) in [6.45, 7) is 3.62. The molecule has 0 amide bonds. The van der Waals surface area contributed by atoms with Gasteiger partial charge in [-0.25, -0.2) is 0 Å². The topological polar surface area (TPSA) is 94.6 Å². The summed E-state index contributed by atoms with van der Waals surface area (Å²) in [4.78, 5) is 16.4. The SMILES string of the molecule is C=CCOC(=O)C1NC(OS(C)(=O)=O)CC1CCc1ccccn1. The number of ether oxygens (including phenoxy) is 1. The Morgan fingerprint density at radius 3 is 2.92 bits per heavy atom. The molecule has 8 heteroatoms. The minimum atomic E-state index is -3.61. The second-order valence-electron chi connectivity index (χ2n) is 5.71. The van der Waals surface area contributed by atoms with Crippen LogP contribution in [0.1, 0.15) is 18.5 Å². The van der Waals surface area contributed by atoms with E-state index in [2.05, 4.69) is 16.9 Å². The molecule has 3 atom stereocenters. The minimum absolute atomic E-state index is 0.101. The third-order valence-electron chi connectivity index (χ3n) is 3.74. The van der Waals surface area contributed by atoms with E-state index in [0.717, 1.165) is 11.9 Å². The lowest BCUT2D eigenvalue weighted by Crippen LogP contribution is -2.41. The molecule has 0 radical (unpaired) electrons. The van der Waals surface area contributed by atoms with Crippen LogP contribution in [0.25, 0.3) is 0 Å². The zero-order valence-corrected chi connectivity index (χ0v) is 14.4. The number of nitrogens with zero attached hydrogens (tertiary/aromatic N) is 1. The predicted octanol–water partition coefficient (Wildman–Crippen LogP) is 1.02. The van der Waals surface area contributed by atoms with E-state index in [1.54, 1.807) is 6.20 Å². The van der Waals surface area contributed by atoms with Crippen molar-refractivity contribution in [2.75, 3.05) is 12.9 Å². The quantitative estimate of drug-likeness (QED) is 0.423. The Bertz CT molecular complexity index is 662. The van der Waals surface area contributed by atoms with E-state index in [4.69, 9.17) is 8.92 Å². The van der Waals surface area contributed by atoms with Gasteiger partial charge in [0.15, 0.2) is 0 Å². The third-order valence-corrected chi connectivity index (χ3v) is 4.32. The summed E-state index contributed by atoms with van der Waals surface area (Å²) in [6, 6.07) is 5.05. The van der Waals surface area contributed by atoms with E-state index in [9.17, 15) is 13.2 Å². The molecule has 1 saturated heterocycles. The second kappa shape index (κ2) is 8.36. The Labute approximate surface area is 142 Å². The summed E-state index contributed by atoms with van der Waals surface area (Å²) in [5.74, 6) is -0.531. The van der Waals surface area contributed by atoms with E-state index in [0.29, 0.717) is 19.3 Å². The van der Waals surface area contributed by atoms with Crippen molar-refractivity contribution in [3.63, 3.8) is 0 Å². The first-order valence-electron chi connectivity index (χ1n) is 7.71. The molecule has 132 valence electrons. The first-order valence-corrected chi connectivity index (χ1v) is 9.52. The van der Waals surface area contributed by atoms with Crippen molar-refractivity contribution in [1.29, 1.82) is 0 Å². The Hall–Kier alpha value is -1.77. The van der Waals surface area contributed by atoms with Gasteiger partial charge in [-0.05, 0) is 37.3 Å². The van der Waals surface area contributed by atoms with Crippen molar-refractivity contribution in [2.45, 2.75) is 31.5 Å². The summed E-state index contributed by atoms with van der Waals surface area (Å²) in [5.41, 5.74) is 0.920. The van der Waals surface area contributed by atoms with Crippen LogP contribution in [0.5, 0.6) is 0 Å². The fourth-order valence-electron chi connectivity index (χ4n) is 2.75. The third kappa shape index (κ3) is 5.70. The molecule has 0 bridgehead atoms. The van der Waals surface area contributed by atoms with Gasteiger partial charge in [0.25, 0.3) is 10.1 Å². The van der Waals surface area contributed by atoms with Gasteiger partial charge in [0.1, 0.15) is 18.9 Å². The Morgan fingerprint density at radius 1 is 1.50 bits per heavy atom. The maximum atomic E-state index is 12.2. The normalized spacial score (nSPS) is 23.8. The Kier molecular flexibility index (Phi) is 6.47. The Balaban J connectivity index is 2.02. The first kappa shape index (κ1) is 18.6. The average Bonchev–Trinajstić information content (AvgIpc) is 2.92. The summed E-state index contributed by atoms with van der Waals surface area (Å²) < 4.78 is 32.7. The lowest BCUT2D eigenvalue weighted by Gasteiger charge is -2.17. The molecule has 24 heavy (non-hydrogen) atoms. The molecule has 0 aliphatic carbocycles. The Morgan fingerprint density at radius 2 is 2.29 bits per heavy atom. The van der Waals surface area contributed by atoms with Crippen molar-refractivity contribution in [2.24, 2.45) is 5.92 Å². The van der Waals surface area contributed by atoms with Crippen LogP contribution in [0.4, 0.5) is 0 Å². The molecule has 0 spiro atoms. The summed E-state index contributed by atoms with van der Waals surface area (Å²) in [6.07, 6.45) is 5.23. The van der Waals surface area contributed by atoms with Gasteiger partial charge in [0, 0.05) is 11.9 Å². The highest BCUT2D eigenvalue weighted by Crippen LogP contribution is 2.27. The number of rotatable bonds is 8. The average molecular weight is 354 g/mol. The zero-order valence-electron chi connectivity index (χ0n) is 13.6. The lowest BCUT2D eigenvalue weighted by molar-refractivity contribution is -0.145. The number of carbonyl (C=O) groups is 1. The van der Waals surface area contributed by atoms with Crippen molar-refractivity contribution < 1.29 is 22.1 Å². The first-order chi connectivity index (χ1) is 11.4. The maximum absolute atomic E-state index is 12.2. The molecule has 1 fully saturated rings. The van der Waals surface area contributed by atoms with Gasteiger partial charge in [0.2, 0.25) is 0 Å². The highest BCUT2D eigenvalue weighted by molar-refractivity contribution is 7.86. The van der Waals surface area contributed by atoms with E-state index < -0.39 is 28.4 Å². The number of carbonyl (C=O) groups excluding carboxylic acids is 1. The second-order valence-corrected chi connectivity index (χ2v) is 7.31. The van der Waals surface area contributed by atoms with Gasteiger partial charge in [-0.2, -0.15) is 8.42 Å². The predicted molar refractivity (Wildman–Crippen MR) is 88.5 cm³/mol. The van der Waals surface area contributed by atoms with Crippen molar-refractivity contribution in [3.05, 3.63) is 42.7 Å². The van der Waals surface area contributed by atoms with Gasteiger partial charge >= 0.3 is 5.97 Å². The molecule has 1 aromatic rings. The van der Waals surface area contributed by atoms with E-state index in [1.165, 1.54) is 6.08 Å². The van der Waals surface area contributed by atoms with Crippen molar-refractivity contribution >= 4 is 16.1 Å². The standard InChI is InChI=1S/C16H22N2O5S/c1-3-10-22-16(19)15-12(7-8-13-6-4-5-9-17-13)11-14(18-15)23-24(2,20)21/h3-6,9,12,14-15,18H,1,7-8,10-11H2,2H3. The van der Waals surface area contributed by atoms with Crippen LogP contribution in [0, 0.1) is 5.92 Å². The fourth-order valence-corrected chi connectivity index (χ4v) is 3.30. The number of aromatic nitrogens is 1. The maximum Gasteiger partial charge on any atom is 0.323 e. The van der Waals surface area contributed by atoms with E-state index in [1.807, 2.05) is 18.2 Å². The highest BCUT2D eigenvalue weighted by Gasteiger charge is 2.40. The highest BCUT2D eigenvalue weighted by atomic mass is 32.2. The molecular formula is C16H22N2O5S. The number of hydrogen-bond donors (Lipinski definition) is 1. The summed E-state index contributed by atoms with van der Waals surface area (Å²) >= 11 is 0. The van der Waals surface area contributed by atoms with Crippen LogP contribution >= 0.6 is 0 Å². The number of pyridine rings is 1. The van der Waals surface area contributed by atoms with Crippen LogP contribution in [0.2, 0.25) is 0 Å². The number of esters is 1. The van der Waals surface area contributed by atoms with Gasteiger partial charge in [0.05, 0.1) is 6.26 Å². The zero-order chi connectivity index (χ0) is 17.6. The number of nitrogens with one attached hydrogen (secondary N) is 1. The van der Waals surface area contributed by atoms with Crippen LogP contribution < -0.4 is 5.32 Å². The van der Waals surface area contributed by atoms with Gasteiger partial charge in [-0.3, -0.25) is 19.3 Å². The largest absolute Gasteiger partial charge is 0.460 e. The molecule has 3 unspecified atom stereocenters. The summed E-state index contributed by atoms with van der Waals surface area (Å²) in [5, 5.41) is 2.91.